The Hall–Kier alpha value is -1.20. The van der Waals surface area contributed by atoms with Gasteiger partial charge in [-0.05, 0) is 27.1 Å². The van der Waals surface area contributed by atoms with Crippen molar-refractivity contribution in [3.05, 3.63) is 17.7 Å². The zero-order chi connectivity index (χ0) is 15.0. The molecule has 0 bridgehead atoms. The third-order valence-corrected chi connectivity index (χ3v) is 2.88. The molecule has 0 saturated carbocycles. The summed E-state index contributed by atoms with van der Waals surface area (Å²) in [6, 6.07) is 0. The van der Waals surface area contributed by atoms with Crippen LogP contribution >= 0.6 is 0 Å². The third kappa shape index (κ3) is 5.84. The van der Waals surface area contributed by atoms with Crippen LogP contribution in [0.15, 0.2) is 6.20 Å². The standard InChI is InChI=1S/C15H28N4O/c1-6-7-16-10-13-14(20-9-8-19(4)5)11-17-15(18-13)12(2)3/h11-12,16H,6-10H2,1-5H3. The van der Waals surface area contributed by atoms with Crippen molar-refractivity contribution in [2.75, 3.05) is 33.8 Å². The average Bonchev–Trinajstić information content (AvgIpc) is 2.39. The normalized spacial score (nSPS) is 11.3. The van der Waals surface area contributed by atoms with Crippen LogP contribution < -0.4 is 10.1 Å². The molecule has 1 rings (SSSR count). The van der Waals surface area contributed by atoms with E-state index in [0.717, 1.165) is 43.3 Å². The molecule has 0 aliphatic carbocycles. The summed E-state index contributed by atoms with van der Waals surface area (Å²) in [6.45, 7) is 9.61. The Bertz CT molecular complexity index is 393. The lowest BCUT2D eigenvalue weighted by Gasteiger charge is -2.15. The molecule has 5 heteroatoms. The van der Waals surface area contributed by atoms with Crippen LogP contribution in [0.1, 0.15) is 44.6 Å². The van der Waals surface area contributed by atoms with Crippen molar-refractivity contribution in [1.29, 1.82) is 0 Å². The molecule has 0 fully saturated rings. The summed E-state index contributed by atoms with van der Waals surface area (Å²) in [6.07, 6.45) is 2.92. The Kier molecular flexibility index (Phi) is 7.47. The minimum Gasteiger partial charge on any atom is -0.489 e. The fourth-order valence-electron chi connectivity index (χ4n) is 1.67. The van der Waals surface area contributed by atoms with E-state index in [4.69, 9.17) is 4.74 Å². The van der Waals surface area contributed by atoms with Crippen molar-refractivity contribution >= 4 is 0 Å². The van der Waals surface area contributed by atoms with Gasteiger partial charge in [-0.15, -0.1) is 0 Å². The smallest absolute Gasteiger partial charge is 0.160 e. The lowest BCUT2D eigenvalue weighted by Crippen LogP contribution is -2.21. The van der Waals surface area contributed by atoms with Gasteiger partial charge in [-0.3, -0.25) is 0 Å². The van der Waals surface area contributed by atoms with Crippen LogP contribution in [0.25, 0.3) is 0 Å². The highest BCUT2D eigenvalue weighted by Gasteiger charge is 2.10. The van der Waals surface area contributed by atoms with Gasteiger partial charge in [-0.1, -0.05) is 20.8 Å². The maximum Gasteiger partial charge on any atom is 0.160 e. The highest BCUT2D eigenvalue weighted by molar-refractivity contribution is 5.25. The van der Waals surface area contributed by atoms with Crippen LogP contribution in [0.5, 0.6) is 5.75 Å². The second kappa shape index (κ2) is 8.87. The van der Waals surface area contributed by atoms with E-state index in [1.54, 1.807) is 6.20 Å². The highest BCUT2D eigenvalue weighted by atomic mass is 16.5. The van der Waals surface area contributed by atoms with Crippen molar-refractivity contribution in [3.63, 3.8) is 0 Å². The molecule has 0 saturated heterocycles. The molecule has 5 nitrogen and oxygen atoms in total. The van der Waals surface area contributed by atoms with E-state index in [1.807, 2.05) is 14.1 Å². The van der Waals surface area contributed by atoms with E-state index in [1.165, 1.54) is 0 Å². The van der Waals surface area contributed by atoms with Crippen molar-refractivity contribution < 1.29 is 4.74 Å². The zero-order valence-corrected chi connectivity index (χ0v) is 13.4. The largest absolute Gasteiger partial charge is 0.489 e. The zero-order valence-electron chi connectivity index (χ0n) is 13.4. The van der Waals surface area contributed by atoms with Gasteiger partial charge < -0.3 is 15.0 Å². The number of nitrogens with zero attached hydrogens (tertiary/aromatic N) is 3. The fourth-order valence-corrected chi connectivity index (χ4v) is 1.67. The first-order valence-corrected chi connectivity index (χ1v) is 7.38. The van der Waals surface area contributed by atoms with Crippen LogP contribution in [0.4, 0.5) is 0 Å². The molecule has 1 heterocycles. The Labute approximate surface area is 122 Å². The highest BCUT2D eigenvalue weighted by Crippen LogP contribution is 2.18. The summed E-state index contributed by atoms with van der Waals surface area (Å²) in [4.78, 5) is 11.1. The molecule has 0 aliphatic heterocycles. The summed E-state index contributed by atoms with van der Waals surface area (Å²) in [5.41, 5.74) is 0.955. The first-order valence-electron chi connectivity index (χ1n) is 7.38. The van der Waals surface area contributed by atoms with Gasteiger partial charge in [0.25, 0.3) is 0 Å². The average molecular weight is 280 g/mol. The van der Waals surface area contributed by atoms with E-state index in [-0.39, 0.29) is 0 Å². The molecule has 20 heavy (non-hydrogen) atoms. The Balaban J connectivity index is 2.73. The first kappa shape index (κ1) is 16.9. The molecule has 1 N–H and O–H groups in total. The van der Waals surface area contributed by atoms with Crippen LogP contribution in [-0.4, -0.2) is 48.7 Å². The molecule has 1 aromatic rings. The number of ether oxygens (including phenoxy) is 1. The lowest BCUT2D eigenvalue weighted by atomic mass is 10.2. The summed E-state index contributed by atoms with van der Waals surface area (Å²) in [5, 5.41) is 3.38. The molecule has 0 spiro atoms. The number of hydrogen-bond acceptors (Lipinski definition) is 5. The van der Waals surface area contributed by atoms with Gasteiger partial charge in [0.05, 0.1) is 11.9 Å². The minimum absolute atomic E-state index is 0.329. The van der Waals surface area contributed by atoms with E-state index in [0.29, 0.717) is 12.5 Å². The van der Waals surface area contributed by atoms with Crippen LogP contribution in [-0.2, 0) is 6.54 Å². The molecule has 0 amide bonds. The summed E-state index contributed by atoms with van der Waals surface area (Å²) in [7, 11) is 4.07. The van der Waals surface area contributed by atoms with Crippen molar-refractivity contribution in [1.82, 2.24) is 20.2 Å². The van der Waals surface area contributed by atoms with E-state index < -0.39 is 0 Å². The maximum absolute atomic E-state index is 5.81. The Morgan fingerprint density at radius 1 is 1.35 bits per heavy atom. The van der Waals surface area contributed by atoms with E-state index >= 15 is 0 Å². The number of hydrogen-bond donors (Lipinski definition) is 1. The predicted molar refractivity (Wildman–Crippen MR) is 82.2 cm³/mol. The second-order valence-corrected chi connectivity index (χ2v) is 5.52. The molecular weight excluding hydrogens is 252 g/mol. The van der Waals surface area contributed by atoms with Gasteiger partial charge in [0, 0.05) is 19.0 Å². The molecule has 0 atom stereocenters. The topological polar surface area (TPSA) is 50.3 Å². The predicted octanol–water partition coefficient (Wildman–Crippen LogP) is 2.04. The molecule has 0 radical (unpaired) electrons. The molecule has 0 aromatic carbocycles. The van der Waals surface area contributed by atoms with Gasteiger partial charge >= 0.3 is 0 Å². The maximum atomic E-state index is 5.81. The third-order valence-electron chi connectivity index (χ3n) is 2.88. The molecule has 1 aromatic heterocycles. The molecular formula is C15H28N4O. The van der Waals surface area contributed by atoms with Crippen LogP contribution in [0, 0.1) is 0 Å². The molecule has 0 aliphatic rings. The van der Waals surface area contributed by atoms with E-state index in [2.05, 4.69) is 41.0 Å². The summed E-state index contributed by atoms with van der Waals surface area (Å²) >= 11 is 0. The number of rotatable bonds is 9. The number of likely N-dealkylation sites (N-methyl/N-ethyl adjacent to an activating group) is 1. The van der Waals surface area contributed by atoms with Crippen molar-refractivity contribution in [3.8, 4) is 5.75 Å². The van der Waals surface area contributed by atoms with Crippen molar-refractivity contribution in [2.24, 2.45) is 0 Å². The fraction of sp³-hybridized carbons (Fsp3) is 0.733. The summed E-state index contributed by atoms with van der Waals surface area (Å²) < 4.78 is 5.81. The van der Waals surface area contributed by atoms with Gasteiger partial charge in [0.15, 0.2) is 5.75 Å². The van der Waals surface area contributed by atoms with E-state index in [9.17, 15) is 0 Å². The quantitative estimate of drug-likeness (QED) is 0.702. The minimum atomic E-state index is 0.329. The second-order valence-electron chi connectivity index (χ2n) is 5.52. The van der Waals surface area contributed by atoms with Crippen molar-refractivity contribution in [2.45, 2.75) is 39.7 Å². The van der Waals surface area contributed by atoms with Crippen LogP contribution in [0.3, 0.4) is 0 Å². The molecule has 0 unspecified atom stereocenters. The summed E-state index contributed by atoms with van der Waals surface area (Å²) in [5.74, 6) is 1.99. The Morgan fingerprint density at radius 3 is 2.70 bits per heavy atom. The van der Waals surface area contributed by atoms with Gasteiger partial charge in [-0.25, -0.2) is 9.97 Å². The Morgan fingerprint density at radius 2 is 2.10 bits per heavy atom. The number of nitrogens with one attached hydrogen (secondary N) is 1. The number of aromatic nitrogens is 2. The molecule has 114 valence electrons. The van der Waals surface area contributed by atoms with Crippen LogP contribution in [0.2, 0.25) is 0 Å². The lowest BCUT2D eigenvalue weighted by molar-refractivity contribution is 0.257. The van der Waals surface area contributed by atoms with Gasteiger partial charge in [0.2, 0.25) is 0 Å². The van der Waals surface area contributed by atoms with Gasteiger partial charge in [-0.2, -0.15) is 0 Å². The first-order chi connectivity index (χ1) is 9.54. The SMILES string of the molecule is CCCNCc1nc(C(C)C)ncc1OCCN(C)C. The monoisotopic (exact) mass is 280 g/mol. The van der Waals surface area contributed by atoms with Gasteiger partial charge in [0.1, 0.15) is 12.4 Å².